The van der Waals surface area contributed by atoms with Gasteiger partial charge in [0.25, 0.3) is 5.56 Å². The van der Waals surface area contributed by atoms with E-state index in [1.165, 1.54) is 34.4 Å². The van der Waals surface area contributed by atoms with Crippen LogP contribution in [0.25, 0.3) is 10.9 Å². The molecule has 1 heterocycles. The third kappa shape index (κ3) is 4.58. The van der Waals surface area contributed by atoms with E-state index in [-0.39, 0.29) is 35.5 Å². The number of rotatable bonds is 7. The minimum absolute atomic E-state index is 0.150. The molecule has 30 heavy (non-hydrogen) atoms. The van der Waals surface area contributed by atoms with Gasteiger partial charge in [-0.05, 0) is 43.7 Å². The van der Waals surface area contributed by atoms with Crippen LogP contribution in [0.4, 0.5) is 0 Å². The number of sulfonamides is 1. The summed E-state index contributed by atoms with van der Waals surface area (Å²) in [6.07, 6.45) is 1.36. The molecule has 0 atom stereocenters. The predicted molar refractivity (Wildman–Crippen MR) is 114 cm³/mol. The summed E-state index contributed by atoms with van der Waals surface area (Å²) in [5.74, 6) is -0.342. The number of hydrogen-bond acceptors (Lipinski definition) is 5. The first-order valence-electron chi connectivity index (χ1n) is 9.48. The molecule has 1 aromatic heterocycles. The van der Waals surface area contributed by atoms with Gasteiger partial charge in [0.2, 0.25) is 15.9 Å². The third-order valence-corrected chi connectivity index (χ3v) is 6.91. The lowest BCUT2D eigenvalue weighted by Gasteiger charge is -2.21. The second-order valence-electron chi connectivity index (χ2n) is 7.23. The number of nitrogens with zero attached hydrogens (tertiary/aromatic N) is 3. The Bertz CT molecular complexity index is 1220. The molecule has 0 aliphatic heterocycles. The van der Waals surface area contributed by atoms with E-state index in [4.69, 9.17) is 0 Å². The predicted octanol–water partition coefficient (Wildman–Crippen LogP) is 1.74. The molecule has 0 spiro atoms. The van der Waals surface area contributed by atoms with Crippen LogP contribution in [0, 0.1) is 0 Å². The molecule has 0 aliphatic rings. The van der Waals surface area contributed by atoms with Crippen LogP contribution in [0.1, 0.15) is 19.4 Å². The summed E-state index contributed by atoms with van der Waals surface area (Å²) in [5, 5.41) is 3.19. The van der Waals surface area contributed by atoms with Gasteiger partial charge in [0.1, 0.15) is 6.54 Å². The van der Waals surface area contributed by atoms with Crippen molar-refractivity contribution in [2.45, 2.75) is 37.9 Å². The number of benzene rings is 2. The molecule has 0 saturated carbocycles. The van der Waals surface area contributed by atoms with Gasteiger partial charge < -0.3 is 5.32 Å². The average molecular weight is 429 g/mol. The normalized spacial score (nSPS) is 11.9. The van der Waals surface area contributed by atoms with Crippen LogP contribution >= 0.6 is 0 Å². The van der Waals surface area contributed by atoms with Crippen molar-refractivity contribution in [3.8, 4) is 0 Å². The maximum Gasteiger partial charge on any atom is 0.261 e. The largest absolute Gasteiger partial charge is 0.350 e. The molecule has 0 radical (unpaired) electrons. The zero-order valence-corrected chi connectivity index (χ0v) is 17.9. The Labute approximate surface area is 175 Å². The Hall–Kier alpha value is -3.04. The number of aromatic nitrogens is 2. The van der Waals surface area contributed by atoms with Crippen LogP contribution in [0.2, 0.25) is 0 Å². The highest BCUT2D eigenvalue weighted by Gasteiger charge is 2.22. The van der Waals surface area contributed by atoms with Crippen molar-refractivity contribution in [3.05, 3.63) is 70.8 Å². The van der Waals surface area contributed by atoms with Crippen LogP contribution in [0.5, 0.6) is 0 Å². The lowest BCUT2D eigenvalue weighted by atomic mass is 10.2. The van der Waals surface area contributed by atoms with E-state index < -0.39 is 10.0 Å². The van der Waals surface area contributed by atoms with Crippen molar-refractivity contribution in [1.82, 2.24) is 19.2 Å². The lowest BCUT2D eigenvalue weighted by molar-refractivity contribution is -0.121. The van der Waals surface area contributed by atoms with Gasteiger partial charge in [-0.25, -0.2) is 13.4 Å². The number of carbonyl (C=O) groups excluding carboxylic acids is 1. The number of carbonyl (C=O) groups is 1. The smallest absolute Gasteiger partial charge is 0.261 e. The first kappa shape index (κ1) is 21.7. The fourth-order valence-corrected chi connectivity index (χ4v) is 4.22. The molecule has 1 amide bonds. The summed E-state index contributed by atoms with van der Waals surface area (Å²) >= 11 is 0. The number of amides is 1. The van der Waals surface area contributed by atoms with Gasteiger partial charge in [-0.15, -0.1) is 0 Å². The Balaban J connectivity index is 1.64. The van der Waals surface area contributed by atoms with Gasteiger partial charge in [-0.2, -0.15) is 4.31 Å². The maximum absolute atomic E-state index is 12.5. The van der Waals surface area contributed by atoms with E-state index in [9.17, 15) is 18.0 Å². The maximum atomic E-state index is 12.5. The van der Waals surface area contributed by atoms with E-state index in [0.29, 0.717) is 10.9 Å². The standard InChI is InChI=1S/C21H24N4O4S/c1-15(2)24(3)30(28,29)17-10-8-16(9-11-17)12-22-20(26)13-25-14-23-19-7-5-4-6-18(19)21(25)27/h4-11,14-15H,12-13H2,1-3H3,(H,22,26). The fraction of sp³-hybridized carbons (Fsp3) is 0.286. The second kappa shape index (κ2) is 8.76. The summed E-state index contributed by atoms with van der Waals surface area (Å²) in [5.41, 5.74) is 1.05. The molecule has 0 aliphatic carbocycles. The molecule has 3 rings (SSSR count). The van der Waals surface area contributed by atoms with Gasteiger partial charge in [0, 0.05) is 19.6 Å². The highest BCUT2D eigenvalue weighted by molar-refractivity contribution is 7.89. The minimum atomic E-state index is -3.55. The van der Waals surface area contributed by atoms with E-state index in [2.05, 4.69) is 10.3 Å². The lowest BCUT2D eigenvalue weighted by Crippen LogP contribution is -2.33. The zero-order valence-electron chi connectivity index (χ0n) is 17.1. The summed E-state index contributed by atoms with van der Waals surface area (Å²) in [6.45, 7) is 3.67. The molecule has 0 bridgehead atoms. The summed E-state index contributed by atoms with van der Waals surface area (Å²) < 4.78 is 27.6. The molecule has 1 N–H and O–H groups in total. The SMILES string of the molecule is CC(C)N(C)S(=O)(=O)c1ccc(CNC(=O)Cn2cnc3ccccc3c2=O)cc1. The van der Waals surface area contributed by atoms with E-state index in [1.807, 2.05) is 0 Å². The number of fused-ring (bicyclic) bond motifs is 1. The quantitative estimate of drug-likeness (QED) is 0.618. The summed E-state index contributed by atoms with van der Waals surface area (Å²) in [7, 11) is -2.01. The molecule has 9 heteroatoms. The molecule has 3 aromatic rings. The zero-order chi connectivity index (χ0) is 21.9. The molecular weight excluding hydrogens is 404 g/mol. The molecule has 0 unspecified atom stereocenters. The van der Waals surface area contributed by atoms with Crippen LogP contribution in [-0.4, -0.2) is 41.3 Å². The molecular formula is C21H24N4O4S. The molecule has 2 aromatic carbocycles. The van der Waals surface area contributed by atoms with Crippen LogP contribution in [0.15, 0.2) is 64.5 Å². The van der Waals surface area contributed by atoms with Crippen molar-refractivity contribution in [3.63, 3.8) is 0 Å². The van der Waals surface area contributed by atoms with Gasteiger partial charge in [-0.1, -0.05) is 24.3 Å². The minimum Gasteiger partial charge on any atom is -0.350 e. The van der Waals surface area contributed by atoms with Gasteiger partial charge in [0.15, 0.2) is 0 Å². The number of hydrogen-bond donors (Lipinski definition) is 1. The number of nitrogens with one attached hydrogen (secondary N) is 1. The first-order chi connectivity index (χ1) is 14.2. The Morgan fingerprint density at radius 3 is 2.47 bits per heavy atom. The van der Waals surface area contributed by atoms with Crippen LogP contribution in [-0.2, 0) is 27.9 Å². The van der Waals surface area contributed by atoms with Crippen molar-refractivity contribution in [2.24, 2.45) is 0 Å². The fourth-order valence-electron chi connectivity index (χ4n) is 2.85. The van der Waals surface area contributed by atoms with Crippen molar-refractivity contribution >= 4 is 26.8 Å². The average Bonchev–Trinajstić information content (AvgIpc) is 2.74. The van der Waals surface area contributed by atoms with Crippen molar-refractivity contribution in [2.75, 3.05) is 7.05 Å². The highest BCUT2D eigenvalue weighted by atomic mass is 32.2. The van der Waals surface area contributed by atoms with Crippen molar-refractivity contribution in [1.29, 1.82) is 0 Å². The summed E-state index contributed by atoms with van der Waals surface area (Å²) in [4.78, 5) is 29.1. The number of para-hydroxylation sites is 1. The first-order valence-corrected chi connectivity index (χ1v) is 10.9. The van der Waals surface area contributed by atoms with Gasteiger partial charge in [0.05, 0.1) is 22.1 Å². The van der Waals surface area contributed by atoms with E-state index in [0.717, 1.165) is 5.56 Å². The van der Waals surface area contributed by atoms with Gasteiger partial charge >= 0.3 is 0 Å². The summed E-state index contributed by atoms with van der Waals surface area (Å²) in [6, 6.07) is 13.2. The monoisotopic (exact) mass is 428 g/mol. The molecule has 0 saturated heterocycles. The molecule has 158 valence electrons. The Morgan fingerprint density at radius 1 is 1.13 bits per heavy atom. The van der Waals surface area contributed by atoms with E-state index in [1.54, 1.807) is 50.2 Å². The van der Waals surface area contributed by atoms with Crippen molar-refractivity contribution < 1.29 is 13.2 Å². The molecule has 8 nitrogen and oxygen atoms in total. The van der Waals surface area contributed by atoms with Crippen LogP contribution < -0.4 is 10.9 Å². The second-order valence-corrected chi connectivity index (χ2v) is 9.23. The van der Waals surface area contributed by atoms with Crippen LogP contribution in [0.3, 0.4) is 0 Å². The third-order valence-electron chi connectivity index (χ3n) is 4.86. The van der Waals surface area contributed by atoms with Gasteiger partial charge in [-0.3, -0.25) is 14.2 Å². The topological polar surface area (TPSA) is 101 Å². The Kier molecular flexibility index (Phi) is 6.33. The van der Waals surface area contributed by atoms with E-state index >= 15 is 0 Å². The Morgan fingerprint density at radius 2 is 1.80 bits per heavy atom. The molecule has 0 fully saturated rings. The highest BCUT2D eigenvalue weighted by Crippen LogP contribution is 2.17.